The van der Waals surface area contributed by atoms with Crippen LogP contribution in [-0.2, 0) is 0 Å². The summed E-state index contributed by atoms with van der Waals surface area (Å²) < 4.78 is 0. The summed E-state index contributed by atoms with van der Waals surface area (Å²) in [4.78, 5) is 0. The van der Waals surface area contributed by atoms with Gasteiger partial charge in [-0.2, -0.15) is 0 Å². The number of aliphatic hydroxyl groups is 1. The zero-order valence-electron chi connectivity index (χ0n) is 5.96. The van der Waals surface area contributed by atoms with Gasteiger partial charge in [-0.15, -0.1) is 0 Å². The first-order chi connectivity index (χ1) is 4.01. The Kier molecular flexibility index (Phi) is 1.50. The fraction of sp³-hybridized carbons (Fsp3) is 1.00. The molecule has 1 aliphatic rings. The van der Waals surface area contributed by atoms with Crippen LogP contribution in [0.15, 0.2) is 0 Å². The molecule has 0 aliphatic carbocycles. The lowest BCUT2D eigenvalue weighted by atomic mass is 10.0. The molecule has 1 aliphatic heterocycles. The predicted molar refractivity (Wildman–Crippen MR) is 35.6 cm³/mol. The van der Waals surface area contributed by atoms with E-state index in [1.807, 2.05) is 13.8 Å². The van der Waals surface area contributed by atoms with Crippen molar-refractivity contribution in [2.45, 2.75) is 31.9 Å². The first-order valence-electron chi connectivity index (χ1n) is 3.25. The summed E-state index contributed by atoms with van der Waals surface area (Å²) >= 11 is 0. The highest BCUT2D eigenvalue weighted by molar-refractivity contribution is 4.88. The largest absolute Gasteiger partial charge is 0.389 e. The van der Waals surface area contributed by atoms with Gasteiger partial charge >= 0.3 is 0 Å². The van der Waals surface area contributed by atoms with Crippen LogP contribution < -0.4 is 5.84 Å². The van der Waals surface area contributed by atoms with Gasteiger partial charge in [0.1, 0.15) is 0 Å². The highest BCUT2D eigenvalue weighted by Crippen LogP contribution is 2.22. The molecule has 0 bridgehead atoms. The number of hydrogen-bond donors (Lipinski definition) is 2. The van der Waals surface area contributed by atoms with Gasteiger partial charge in [-0.1, -0.05) is 0 Å². The lowest BCUT2D eigenvalue weighted by molar-refractivity contribution is 0.0689. The van der Waals surface area contributed by atoms with Crippen molar-refractivity contribution in [1.29, 1.82) is 0 Å². The SMILES string of the molecule is C[C@@H]1C[C@@](C)(O)CN1N. The van der Waals surface area contributed by atoms with Crippen LogP contribution in [0.1, 0.15) is 20.3 Å². The van der Waals surface area contributed by atoms with Crippen LogP contribution in [0.4, 0.5) is 0 Å². The Balaban J connectivity index is 2.54. The Bertz CT molecular complexity index is 102. The lowest BCUT2D eigenvalue weighted by Crippen LogP contribution is -2.36. The molecule has 1 fully saturated rings. The van der Waals surface area contributed by atoms with E-state index in [1.165, 1.54) is 0 Å². The quantitative estimate of drug-likeness (QED) is 0.443. The first-order valence-corrected chi connectivity index (χ1v) is 3.25. The molecule has 0 radical (unpaired) electrons. The third-order valence-corrected chi connectivity index (χ3v) is 1.82. The van der Waals surface area contributed by atoms with Crippen LogP contribution in [0.3, 0.4) is 0 Å². The Labute approximate surface area is 55.4 Å². The summed E-state index contributed by atoms with van der Waals surface area (Å²) in [6, 6.07) is 0.319. The number of β-amino-alcohol motifs (C(OH)–C–C–N with tert-alkyl or cyclic N) is 1. The molecule has 1 saturated heterocycles. The van der Waals surface area contributed by atoms with Crippen molar-refractivity contribution in [3.05, 3.63) is 0 Å². The zero-order valence-corrected chi connectivity index (χ0v) is 5.96. The van der Waals surface area contributed by atoms with Gasteiger partial charge in [-0.3, -0.25) is 5.84 Å². The summed E-state index contributed by atoms with van der Waals surface area (Å²) in [5.74, 6) is 5.53. The molecule has 3 N–H and O–H groups in total. The fourth-order valence-electron chi connectivity index (χ4n) is 1.37. The Hall–Kier alpha value is -0.120. The van der Waals surface area contributed by atoms with Crippen molar-refractivity contribution in [3.63, 3.8) is 0 Å². The minimum atomic E-state index is -0.561. The van der Waals surface area contributed by atoms with Crippen LogP contribution in [0.5, 0.6) is 0 Å². The van der Waals surface area contributed by atoms with E-state index in [1.54, 1.807) is 5.01 Å². The molecule has 3 nitrogen and oxygen atoms in total. The van der Waals surface area contributed by atoms with Crippen LogP contribution >= 0.6 is 0 Å². The normalized spacial score (nSPS) is 46.0. The molecule has 54 valence electrons. The molecule has 0 amide bonds. The standard InChI is InChI=1S/C6H14N2O/c1-5-3-6(2,9)4-8(5)7/h5,9H,3-4,7H2,1-2H3/t5-,6-/m1/s1. The smallest absolute Gasteiger partial charge is 0.0775 e. The van der Waals surface area contributed by atoms with E-state index < -0.39 is 5.60 Å². The maximum absolute atomic E-state index is 9.41. The lowest BCUT2D eigenvalue weighted by Gasteiger charge is -2.14. The Morgan fingerprint density at radius 3 is 2.44 bits per heavy atom. The molecule has 2 atom stereocenters. The second-order valence-corrected chi connectivity index (χ2v) is 3.22. The van der Waals surface area contributed by atoms with E-state index in [4.69, 9.17) is 5.84 Å². The number of hydrazine groups is 1. The van der Waals surface area contributed by atoms with E-state index in [9.17, 15) is 5.11 Å². The molecule has 0 unspecified atom stereocenters. The zero-order chi connectivity index (χ0) is 7.07. The van der Waals surface area contributed by atoms with E-state index in [2.05, 4.69) is 0 Å². The molecule has 1 rings (SSSR count). The summed E-state index contributed by atoms with van der Waals surface area (Å²) in [6.07, 6.45) is 0.781. The topological polar surface area (TPSA) is 49.5 Å². The van der Waals surface area contributed by atoms with Crippen LogP contribution in [0.25, 0.3) is 0 Å². The molecule has 0 aromatic rings. The molecule has 0 aromatic heterocycles. The average Bonchev–Trinajstić information content (AvgIpc) is 1.79. The van der Waals surface area contributed by atoms with E-state index >= 15 is 0 Å². The van der Waals surface area contributed by atoms with Crippen LogP contribution in [0.2, 0.25) is 0 Å². The monoisotopic (exact) mass is 130 g/mol. The maximum Gasteiger partial charge on any atom is 0.0775 e. The Morgan fingerprint density at radius 1 is 1.78 bits per heavy atom. The van der Waals surface area contributed by atoms with Gasteiger partial charge in [0.15, 0.2) is 0 Å². The van der Waals surface area contributed by atoms with Crippen molar-refractivity contribution in [1.82, 2.24) is 5.01 Å². The third-order valence-electron chi connectivity index (χ3n) is 1.82. The molecular weight excluding hydrogens is 116 g/mol. The molecule has 1 heterocycles. The number of nitrogens with zero attached hydrogens (tertiary/aromatic N) is 1. The molecule has 0 aromatic carbocycles. The van der Waals surface area contributed by atoms with Crippen molar-refractivity contribution in [2.24, 2.45) is 5.84 Å². The average molecular weight is 130 g/mol. The van der Waals surface area contributed by atoms with Crippen molar-refractivity contribution >= 4 is 0 Å². The van der Waals surface area contributed by atoms with Gasteiger partial charge in [0, 0.05) is 12.6 Å². The van der Waals surface area contributed by atoms with Gasteiger partial charge in [-0.25, -0.2) is 5.01 Å². The van der Waals surface area contributed by atoms with Crippen molar-refractivity contribution < 1.29 is 5.11 Å². The molecular formula is C6H14N2O. The second-order valence-electron chi connectivity index (χ2n) is 3.22. The van der Waals surface area contributed by atoms with Gasteiger partial charge in [-0.05, 0) is 20.3 Å². The van der Waals surface area contributed by atoms with Crippen molar-refractivity contribution in [3.8, 4) is 0 Å². The third kappa shape index (κ3) is 1.41. The first kappa shape index (κ1) is 6.99. The van der Waals surface area contributed by atoms with Crippen LogP contribution in [0, 0.1) is 0 Å². The molecule has 0 saturated carbocycles. The molecule has 9 heavy (non-hydrogen) atoms. The highest BCUT2D eigenvalue weighted by atomic mass is 16.3. The minimum absolute atomic E-state index is 0.319. The summed E-state index contributed by atoms with van der Waals surface area (Å²) in [6.45, 7) is 4.42. The van der Waals surface area contributed by atoms with E-state index in [0.29, 0.717) is 12.6 Å². The van der Waals surface area contributed by atoms with Gasteiger partial charge in [0.25, 0.3) is 0 Å². The van der Waals surface area contributed by atoms with Crippen LogP contribution in [-0.4, -0.2) is 28.3 Å². The van der Waals surface area contributed by atoms with Gasteiger partial charge in [0.05, 0.1) is 5.60 Å². The number of hydrogen-bond acceptors (Lipinski definition) is 3. The van der Waals surface area contributed by atoms with E-state index in [-0.39, 0.29) is 0 Å². The predicted octanol–water partition coefficient (Wildman–Crippen LogP) is -0.295. The highest BCUT2D eigenvalue weighted by Gasteiger charge is 2.34. The number of nitrogens with two attached hydrogens (primary N) is 1. The number of rotatable bonds is 0. The maximum atomic E-state index is 9.41. The molecule has 3 heteroatoms. The van der Waals surface area contributed by atoms with Gasteiger partial charge < -0.3 is 5.11 Å². The second kappa shape index (κ2) is 1.94. The summed E-state index contributed by atoms with van der Waals surface area (Å²) in [5.41, 5.74) is -0.561. The van der Waals surface area contributed by atoms with Gasteiger partial charge in [0.2, 0.25) is 0 Å². The Morgan fingerprint density at radius 2 is 2.33 bits per heavy atom. The van der Waals surface area contributed by atoms with E-state index in [0.717, 1.165) is 6.42 Å². The summed E-state index contributed by atoms with van der Waals surface area (Å²) in [5, 5.41) is 11.1. The minimum Gasteiger partial charge on any atom is -0.389 e. The summed E-state index contributed by atoms with van der Waals surface area (Å²) in [7, 11) is 0. The fourth-order valence-corrected chi connectivity index (χ4v) is 1.37. The molecule has 0 spiro atoms. The van der Waals surface area contributed by atoms with Crippen molar-refractivity contribution in [2.75, 3.05) is 6.54 Å².